The van der Waals surface area contributed by atoms with Crippen molar-refractivity contribution in [2.45, 2.75) is 20.3 Å². The first-order chi connectivity index (χ1) is 25.5. The monoisotopic (exact) mass is 759 g/mol. The zero-order valence-corrected chi connectivity index (χ0v) is 31.4. The summed E-state index contributed by atoms with van der Waals surface area (Å²) in [7, 11) is 6.61. The molecule has 0 spiro atoms. The average Bonchev–Trinajstić information content (AvgIpc) is 3.17. The number of Topliss-reactive ketones (excluding diaryl/α,β-unsaturated/α-hetero) is 3. The van der Waals surface area contributed by atoms with Gasteiger partial charge in [0.2, 0.25) is 0 Å². The van der Waals surface area contributed by atoms with Gasteiger partial charge >= 0.3 is 5.97 Å². The highest BCUT2D eigenvalue weighted by Gasteiger charge is 2.13. The first-order valence-corrected chi connectivity index (χ1v) is 16.4. The Hall–Kier alpha value is -6.86. The fourth-order valence-electron chi connectivity index (χ4n) is 4.24. The molecule has 290 valence electrons. The Bertz CT molecular complexity index is 2060. The number of ether oxygens (including phenoxy) is 3. The van der Waals surface area contributed by atoms with Crippen molar-refractivity contribution in [2.24, 2.45) is 0 Å². The van der Waals surface area contributed by atoms with Crippen LogP contribution in [0.2, 0.25) is 0 Å². The van der Waals surface area contributed by atoms with Crippen LogP contribution < -0.4 is 21.1 Å². The molecule has 0 unspecified atom stereocenters. The van der Waals surface area contributed by atoms with Gasteiger partial charge in [0.25, 0.3) is 0 Å². The van der Waals surface area contributed by atoms with Crippen LogP contribution in [0.25, 0.3) is 0 Å². The molecule has 12 heteroatoms. The van der Waals surface area contributed by atoms with E-state index in [1.54, 1.807) is 55.5 Å². The lowest BCUT2D eigenvalue weighted by Crippen LogP contribution is -2.09. The Morgan fingerprint density at radius 1 is 0.518 bits per heavy atom. The maximum Gasteiger partial charge on any atom is 0.313 e. The Morgan fingerprint density at radius 3 is 1.27 bits per heavy atom. The topological polar surface area (TPSA) is 214 Å². The standard InChI is InChI=1S/C16H14O4.C14H12O2.C8H8O2.C6H5B.H3N.2H2O/c1-19-16(18)11-15(17)12-6-5-9-14(10-12)20-13-7-3-2-4-8-13;1-11(15)12-6-5-9-14(10-12)16-13-7-3-2-4-8-13;1-6(9)7-3-2-4-8(10)5-7;7-6-4-2-1-3-5-6;;;/h2-10H,11H2,1H3;2-10H,1H3;2-5,10H,1H3;1-5H;1H3;2*1H2. The second kappa shape index (κ2) is 26.8. The van der Waals surface area contributed by atoms with Crippen LogP contribution in [-0.2, 0) is 9.53 Å². The maximum atomic E-state index is 11.9. The highest BCUT2D eigenvalue weighted by molar-refractivity contribution is 6.32. The number of benzene rings is 6. The normalized spacial score (nSPS) is 9.05. The second-order valence-corrected chi connectivity index (χ2v) is 11.1. The molecule has 0 saturated carbocycles. The summed E-state index contributed by atoms with van der Waals surface area (Å²) in [5.74, 6) is 1.97. The Morgan fingerprint density at radius 2 is 0.893 bits per heavy atom. The zero-order valence-electron chi connectivity index (χ0n) is 31.4. The van der Waals surface area contributed by atoms with Crippen LogP contribution in [0.3, 0.4) is 0 Å². The number of rotatable bonds is 9. The van der Waals surface area contributed by atoms with Crippen molar-refractivity contribution in [2.75, 3.05) is 7.11 Å². The van der Waals surface area contributed by atoms with Gasteiger partial charge in [-0.25, -0.2) is 0 Å². The molecule has 11 nitrogen and oxygen atoms in total. The van der Waals surface area contributed by atoms with Crippen LogP contribution in [0.4, 0.5) is 0 Å². The van der Waals surface area contributed by atoms with Gasteiger partial charge in [0.05, 0.1) is 7.11 Å². The van der Waals surface area contributed by atoms with Crippen LogP contribution in [0.15, 0.2) is 164 Å². The first-order valence-electron chi connectivity index (χ1n) is 16.4. The van der Waals surface area contributed by atoms with Crippen molar-refractivity contribution in [3.8, 4) is 28.7 Å². The molecule has 0 amide bonds. The number of phenols is 1. The minimum atomic E-state index is -0.551. The summed E-state index contributed by atoms with van der Waals surface area (Å²) in [6.07, 6.45) is -0.273. The van der Waals surface area contributed by atoms with Gasteiger partial charge in [-0.2, -0.15) is 0 Å². The number of hydrogen-bond acceptors (Lipinski definition) is 9. The van der Waals surface area contributed by atoms with E-state index >= 15 is 0 Å². The molecule has 0 heterocycles. The number of para-hydroxylation sites is 2. The minimum absolute atomic E-state index is 0. The lowest BCUT2D eigenvalue weighted by molar-refractivity contribution is -0.139. The molecule has 6 aromatic carbocycles. The Kier molecular flexibility index (Phi) is 23.6. The average molecular weight is 760 g/mol. The SMILES string of the molecule is CC(=O)c1cccc(O)c1.CC(=O)c1cccc(Oc2ccccc2)c1.COC(=O)CC(=O)c1cccc(Oc2ccccc2)c1.N.O.O.[B]c1ccccc1. The molecule has 8 N–H and O–H groups in total. The van der Waals surface area contributed by atoms with Crippen LogP contribution in [0.5, 0.6) is 28.7 Å². The van der Waals surface area contributed by atoms with Gasteiger partial charge in [0.1, 0.15) is 43.0 Å². The van der Waals surface area contributed by atoms with E-state index in [0.717, 1.165) is 11.2 Å². The predicted molar refractivity (Wildman–Crippen MR) is 219 cm³/mol. The molecular formula is C44H46BNO10. The summed E-state index contributed by atoms with van der Waals surface area (Å²) in [4.78, 5) is 44.8. The molecule has 6 aromatic rings. The van der Waals surface area contributed by atoms with Crippen molar-refractivity contribution in [3.05, 3.63) is 180 Å². The van der Waals surface area contributed by atoms with Gasteiger partial charge in [-0.1, -0.05) is 109 Å². The van der Waals surface area contributed by atoms with E-state index in [1.165, 1.54) is 26.2 Å². The summed E-state index contributed by atoms with van der Waals surface area (Å²) >= 11 is 0. The second-order valence-electron chi connectivity index (χ2n) is 11.1. The van der Waals surface area contributed by atoms with Gasteiger partial charge in [0.15, 0.2) is 17.3 Å². The number of esters is 1. The largest absolute Gasteiger partial charge is 0.508 e. The van der Waals surface area contributed by atoms with Crippen molar-refractivity contribution in [1.29, 1.82) is 0 Å². The molecule has 0 aliphatic heterocycles. The fourth-order valence-corrected chi connectivity index (χ4v) is 4.24. The molecule has 56 heavy (non-hydrogen) atoms. The highest BCUT2D eigenvalue weighted by atomic mass is 16.5. The van der Waals surface area contributed by atoms with E-state index in [4.69, 9.17) is 22.4 Å². The quantitative estimate of drug-likeness (QED) is 0.0645. The van der Waals surface area contributed by atoms with Crippen molar-refractivity contribution in [3.63, 3.8) is 0 Å². The number of methoxy groups -OCH3 is 1. The number of ketones is 3. The number of carbonyl (C=O) groups excluding carboxylic acids is 4. The van der Waals surface area contributed by atoms with E-state index < -0.39 is 5.97 Å². The smallest absolute Gasteiger partial charge is 0.313 e. The van der Waals surface area contributed by atoms with Crippen LogP contribution in [0.1, 0.15) is 51.3 Å². The van der Waals surface area contributed by atoms with E-state index in [0.29, 0.717) is 33.9 Å². The molecule has 0 saturated heterocycles. The van der Waals surface area contributed by atoms with E-state index in [-0.39, 0.29) is 46.6 Å². The lowest BCUT2D eigenvalue weighted by atomic mass is 9.97. The molecule has 0 aromatic heterocycles. The first kappa shape index (κ1) is 49.1. The van der Waals surface area contributed by atoms with Crippen LogP contribution in [0, 0.1) is 0 Å². The van der Waals surface area contributed by atoms with E-state index in [1.807, 2.05) is 103 Å². The molecular weight excluding hydrogens is 713 g/mol. The molecule has 0 fully saturated rings. The molecule has 0 atom stereocenters. The molecule has 2 radical (unpaired) electrons. The molecule has 6 rings (SSSR count). The molecule has 0 aliphatic carbocycles. The zero-order chi connectivity index (χ0) is 38.4. The summed E-state index contributed by atoms with van der Waals surface area (Å²) in [5, 5.41) is 8.91. The van der Waals surface area contributed by atoms with E-state index in [9.17, 15) is 19.2 Å². The summed E-state index contributed by atoms with van der Waals surface area (Å²) in [6, 6.07) is 48.4. The van der Waals surface area contributed by atoms with Crippen molar-refractivity contribution >= 4 is 36.6 Å². The third-order valence-corrected chi connectivity index (χ3v) is 6.94. The molecule has 0 aliphatic rings. The maximum absolute atomic E-state index is 11.9. The third-order valence-electron chi connectivity index (χ3n) is 6.94. The summed E-state index contributed by atoms with van der Waals surface area (Å²) in [5.41, 5.74) is 2.44. The van der Waals surface area contributed by atoms with Gasteiger partial charge in [-0.05, 0) is 74.5 Å². The minimum Gasteiger partial charge on any atom is -0.508 e. The summed E-state index contributed by atoms with van der Waals surface area (Å²) < 4.78 is 15.7. The van der Waals surface area contributed by atoms with E-state index in [2.05, 4.69) is 4.74 Å². The van der Waals surface area contributed by atoms with Crippen LogP contribution >= 0.6 is 0 Å². The van der Waals surface area contributed by atoms with Gasteiger partial charge in [-0.3, -0.25) is 19.2 Å². The predicted octanol–water partition coefficient (Wildman–Crippen LogP) is 7.49. The number of phenolic OH excluding ortho intramolecular Hbond substituents is 1. The van der Waals surface area contributed by atoms with Crippen molar-refractivity contribution < 1.29 is 49.4 Å². The molecule has 0 bridgehead atoms. The summed E-state index contributed by atoms with van der Waals surface area (Å²) in [6.45, 7) is 3.01. The number of hydrogen-bond donors (Lipinski definition) is 2. The number of carbonyl (C=O) groups is 4. The van der Waals surface area contributed by atoms with Crippen molar-refractivity contribution in [1.82, 2.24) is 6.15 Å². The third kappa shape index (κ3) is 18.8. The van der Waals surface area contributed by atoms with Crippen LogP contribution in [-0.4, -0.2) is 54.3 Å². The van der Waals surface area contributed by atoms with Gasteiger partial charge in [-0.15, -0.1) is 0 Å². The Labute approximate surface area is 328 Å². The van der Waals surface area contributed by atoms with Gasteiger partial charge in [0, 0.05) is 16.7 Å². The fraction of sp³-hybridized carbons (Fsp3) is 0.0909. The Balaban J connectivity index is 0.000000753. The number of aromatic hydroxyl groups is 1. The van der Waals surface area contributed by atoms with Gasteiger partial charge < -0.3 is 36.4 Å². The lowest BCUT2D eigenvalue weighted by Gasteiger charge is -2.07. The highest BCUT2D eigenvalue weighted by Crippen LogP contribution is 2.23.